The van der Waals surface area contributed by atoms with Crippen LogP contribution in [0.25, 0.3) is 0 Å². The number of nitrogens with two attached hydrogens (primary N) is 1. The van der Waals surface area contributed by atoms with Crippen molar-refractivity contribution in [2.24, 2.45) is 5.73 Å². The van der Waals surface area contributed by atoms with Gasteiger partial charge in [-0.3, -0.25) is 4.79 Å². The zero-order valence-corrected chi connectivity index (χ0v) is 13.2. The second-order valence-corrected chi connectivity index (χ2v) is 5.99. The van der Waals surface area contributed by atoms with Crippen molar-refractivity contribution in [2.75, 3.05) is 19.1 Å². The zero-order valence-electron chi connectivity index (χ0n) is 11.6. The maximum absolute atomic E-state index is 12.2. The van der Waals surface area contributed by atoms with E-state index in [0.29, 0.717) is 11.4 Å². The molecule has 1 unspecified atom stereocenters. The number of likely N-dealkylation sites (N-methyl/N-ethyl adjacent to an activating group) is 1. The first-order chi connectivity index (χ1) is 8.97. The molecule has 1 rings (SSSR count). The highest BCUT2D eigenvalue weighted by molar-refractivity contribution is 7.98. The van der Waals surface area contributed by atoms with Crippen molar-refractivity contribution >= 4 is 29.3 Å². The fourth-order valence-electron chi connectivity index (χ4n) is 1.79. The molecule has 0 radical (unpaired) electrons. The van der Waals surface area contributed by atoms with E-state index in [2.05, 4.69) is 0 Å². The van der Waals surface area contributed by atoms with Crippen LogP contribution in [0.2, 0.25) is 5.02 Å². The number of carbonyl (C=O) groups excluding carboxylic acids is 1. The van der Waals surface area contributed by atoms with Gasteiger partial charge in [0.1, 0.15) is 0 Å². The maximum atomic E-state index is 12.2. The summed E-state index contributed by atoms with van der Waals surface area (Å²) in [4.78, 5) is 13.9. The summed E-state index contributed by atoms with van der Waals surface area (Å²) >= 11 is 7.56. The van der Waals surface area contributed by atoms with E-state index in [0.717, 1.165) is 11.3 Å². The highest BCUT2D eigenvalue weighted by Gasteiger charge is 2.22. The number of carbonyl (C=O) groups is 1. The van der Waals surface area contributed by atoms with Gasteiger partial charge < -0.3 is 10.6 Å². The summed E-state index contributed by atoms with van der Waals surface area (Å²) in [6.45, 7) is 1.99. The first-order valence-electron chi connectivity index (χ1n) is 6.24. The number of rotatable bonds is 6. The van der Waals surface area contributed by atoms with Crippen LogP contribution in [-0.2, 0) is 4.79 Å². The third-order valence-corrected chi connectivity index (χ3v) is 4.13. The molecule has 0 saturated heterocycles. The molecule has 0 aromatic heterocycles. The van der Waals surface area contributed by atoms with Gasteiger partial charge in [-0.2, -0.15) is 11.8 Å². The van der Waals surface area contributed by atoms with Crippen LogP contribution >= 0.6 is 23.4 Å². The normalized spacial score (nSPS) is 13.9. The van der Waals surface area contributed by atoms with Gasteiger partial charge in [-0.15, -0.1) is 0 Å². The van der Waals surface area contributed by atoms with Crippen LogP contribution in [0.5, 0.6) is 0 Å². The minimum absolute atomic E-state index is 0.00917. The summed E-state index contributed by atoms with van der Waals surface area (Å²) in [7, 11) is 1.79. The average Bonchev–Trinajstić information content (AvgIpc) is 2.43. The number of halogens is 1. The van der Waals surface area contributed by atoms with Crippen molar-refractivity contribution in [1.82, 2.24) is 4.90 Å². The molecule has 19 heavy (non-hydrogen) atoms. The summed E-state index contributed by atoms with van der Waals surface area (Å²) < 4.78 is 0. The van der Waals surface area contributed by atoms with E-state index in [4.69, 9.17) is 17.3 Å². The molecule has 1 amide bonds. The van der Waals surface area contributed by atoms with Crippen LogP contribution in [0.3, 0.4) is 0 Å². The maximum Gasteiger partial charge on any atom is 0.239 e. The lowest BCUT2D eigenvalue weighted by molar-refractivity contribution is -0.133. The largest absolute Gasteiger partial charge is 0.338 e. The van der Waals surface area contributed by atoms with E-state index < -0.39 is 6.04 Å². The van der Waals surface area contributed by atoms with Crippen LogP contribution < -0.4 is 5.73 Å². The molecule has 2 atom stereocenters. The third-order valence-electron chi connectivity index (χ3n) is 3.23. The standard InChI is InChI=1S/C14H21ClN2OS/c1-10(11-4-6-12(15)7-5-11)17(2)14(18)13(16)8-9-19-3/h4-7,10,13H,8-9,16H2,1-3H3/t10?,13-/m1/s1. The molecule has 5 heteroatoms. The summed E-state index contributed by atoms with van der Waals surface area (Å²) in [6, 6.07) is 7.10. The van der Waals surface area contributed by atoms with Gasteiger partial charge in [0.25, 0.3) is 0 Å². The molecule has 2 N–H and O–H groups in total. The Labute approximate surface area is 124 Å². The summed E-state index contributed by atoms with van der Waals surface area (Å²) in [6.07, 6.45) is 2.72. The number of amides is 1. The van der Waals surface area contributed by atoms with Crippen molar-refractivity contribution in [3.05, 3.63) is 34.9 Å². The first kappa shape index (κ1) is 16.3. The summed E-state index contributed by atoms with van der Waals surface area (Å²) in [5.41, 5.74) is 6.97. The first-order valence-corrected chi connectivity index (χ1v) is 8.01. The molecular weight excluding hydrogens is 280 g/mol. The van der Waals surface area contributed by atoms with Crippen LogP contribution in [0.1, 0.15) is 24.9 Å². The summed E-state index contributed by atoms with van der Waals surface area (Å²) in [5.74, 6) is 0.882. The minimum atomic E-state index is -0.424. The average molecular weight is 301 g/mol. The van der Waals surface area contributed by atoms with Crippen molar-refractivity contribution in [1.29, 1.82) is 0 Å². The molecule has 0 aliphatic rings. The smallest absolute Gasteiger partial charge is 0.239 e. The highest BCUT2D eigenvalue weighted by atomic mass is 35.5. The number of nitrogens with zero attached hydrogens (tertiary/aromatic N) is 1. The fourth-order valence-corrected chi connectivity index (χ4v) is 2.40. The van der Waals surface area contributed by atoms with Gasteiger partial charge in [0.2, 0.25) is 5.91 Å². The molecule has 0 aliphatic heterocycles. The predicted octanol–water partition coefficient (Wildman–Crippen LogP) is 2.94. The molecule has 0 bridgehead atoms. The van der Waals surface area contributed by atoms with Gasteiger partial charge in [-0.25, -0.2) is 0 Å². The molecule has 106 valence electrons. The Kier molecular flexibility index (Phi) is 6.69. The van der Waals surface area contributed by atoms with E-state index >= 15 is 0 Å². The Morgan fingerprint density at radius 2 is 2.00 bits per heavy atom. The number of thioether (sulfide) groups is 1. The van der Waals surface area contributed by atoms with Crippen molar-refractivity contribution in [2.45, 2.75) is 25.4 Å². The Balaban J connectivity index is 2.67. The molecule has 0 saturated carbocycles. The van der Waals surface area contributed by atoms with Crippen LogP contribution in [0.4, 0.5) is 0 Å². The van der Waals surface area contributed by atoms with Crippen LogP contribution in [-0.4, -0.2) is 35.9 Å². The highest BCUT2D eigenvalue weighted by Crippen LogP contribution is 2.21. The van der Waals surface area contributed by atoms with Gasteiger partial charge in [-0.05, 0) is 43.0 Å². The number of benzene rings is 1. The molecule has 0 aliphatic carbocycles. The number of hydrogen-bond acceptors (Lipinski definition) is 3. The lowest BCUT2D eigenvalue weighted by Gasteiger charge is -2.28. The Morgan fingerprint density at radius 1 is 1.42 bits per heavy atom. The lowest BCUT2D eigenvalue weighted by Crippen LogP contribution is -2.43. The van der Waals surface area contributed by atoms with Crippen molar-refractivity contribution in [3.63, 3.8) is 0 Å². The second-order valence-electron chi connectivity index (χ2n) is 4.56. The van der Waals surface area contributed by atoms with Crippen molar-refractivity contribution < 1.29 is 4.79 Å². The number of hydrogen-bond donors (Lipinski definition) is 1. The Hall–Kier alpha value is -0.710. The second kappa shape index (κ2) is 7.78. The molecule has 1 aromatic rings. The third kappa shape index (κ3) is 4.71. The lowest BCUT2D eigenvalue weighted by atomic mass is 10.1. The molecule has 0 fully saturated rings. The van der Waals surface area contributed by atoms with E-state index in [1.807, 2.05) is 37.4 Å². The Bertz CT molecular complexity index is 410. The fraction of sp³-hybridized carbons (Fsp3) is 0.500. The van der Waals surface area contributed by atoms with E-state index in [-0.39, 0.29) is 11.9 Å². The molecule has 0 spiro atoms. The van der Waals surface area contributed by atoms with Crippen LogP contribution in [0, 0.1) is 0 Å². The van der Waals surface area contributed by atoms with Gasteiger partial charge in [0, 0.05) is 12.1 Å². The predicted molar refractivity (Wildman–Crippen MR) is 83.6 cm³/mol. The zero-order chi connectivity index (χ0) is 14.4. The summed E-state index contributed by atoms with van der Waals surface area (Å²) in [5, 5.41) is 0.696. The molecule has 0 heterocycles. The van der Waals surface area contributed by atoms with E-state index in [1.165, 1.54) is 0 Å². The molecule has 1 aromatic carbocycles. The van der Waals surface area contributed by atoms with Gasteiger partial charge >= 0.3 is 0 Å². The topological polar surface area (TPSA) is 46.3 Å². The van der Waals surface area contributed by atoms with Gasteiger partial charge in [0.05, 0.1) is 12.1 Å². The quantitative estimate of drug-likeness (QED) is 0.878. The van der Waals surface area contributed by atoms with Crippen molar-refractivity contribution in [3.8, 4) is 0 Å². The molecule has 3 nitrogen and oxygen atoms in total. The van der Waals surface area contributed by atoms with E-state index in [1.54, 1.807) is 23.7 Å². The van der Waals surface area contributed by atoms with Gasteiger partial charge in [0.15, 0.2) is 0 Å². The minimum Gasteiger partial charge on any atom is -0.338 e. The monoisotopic (exact) mass is 300 g/mol. The van der Waals surface area contributed by atoms with E-state index in [9.17, 15) is 4.79 Å². The SMILES string of the molecule is CSCC[C@@H](N)C(=O)N(C)C(C)c1ccc(Cl)cc1. The van der Waals surface area contributed by atoms with Gasteiger partial charge in [-0.1, -0.05) is 23.7 Å². The Morgan fingerprint density at radius 3 is 2.53 bits per heavy atom. The molecular formula is C14H21ClN2OS. The van der Waals surface area contributed by atoms with Crippen LogP contribution in [0.15, 0.2) is 24.3 Å².